The van der Waals surface area contributed by atoms with Crippen LogP contribution in [0.4, 0.5) is 0 Å². The van der Waals surface area contributed by atoms with E-state index in [-0.39, 0.29) is 5.75 Å². The predicted octanol–water partition coefficient (Wildman–Crippen LogP) is 2.48. The van der Waals surface area contributed by atoms with Crippen molar-refractivity contribution in [3.63, 3.8) is 0 Å². The van der Waals surface area contributed by atoms with Crippen molar-refractivity contribution < 1.29 is 24.2 Å². The van der Waals surface area contributed by atoms with Crippen LogP contribution in [0.3, 0.4) is 0 Å². The molecular weight excluding hydrogens is 304 g/mol. The standard InChI is InChI=1S/C12H11BrO5/c1-7(14)18-12-9(13)5-8(3-4-11(15)16)6-10(12)17-2/h3-6H,1-2H3,(H,15,16). The van der Waals surface area contributed by atoms with Gasteiger partial charge in [0.2, 0.25) is 0 Å². The monoisotopic (exact) mass is 314 g/mol. The number of halogens is 1. The summed E-state index contributed by atoms with van der Waals surface area (Å²) in [6.45, 7) is 1.28. The molecule has 1 aromatic carbocycles. The second-order valence-corrected chi connectivity index (χ2v) is 4.15. The van der Waals surface area contributed by atoms with Crippen molar-refractivity contribution in [1.82, 2.24) is 0 Å². The Balaban J connectivity index is 3.17. The summed E-state index contributed by atoms with van der Waals surface area (Å²) in [5.41, 5.74) is 0.608. The highest BCUT2D eigenvalue weighted by molar-refractivity contribution is 9.10. The molecule has 5 nitrogen and oxygen atoms in total. The summed E-state index contributed by atoms with van der Waals surface area (Å²) in [6.07, 6.45) is 2.42. The Morgan fingerprint density at radius 1 is 1.39 bits per heavy atom. The fourth-order valence-corrected chi connectivity index (χ4v) is 1.79. The SMILES string of the molecule is COc1cc(C=CC(=O)O)cc(Br)c1OC(C)=O. The van der Waals surface area contributed by atoms with Crippen LogP contribution >= 0.6 is 15.9 Å². The van der Waals surface area contributed by atoms with Gasteiger partial charge in [-0.15, -0.1) is 0 Å². The lowest BCUT2D eigenvalue weighted by Crippen LogP contribution is -2.04. The van der Waals surface area contributed by atoms with Crippen molar-refractivity contribution in [2.45, 2.75) is 6.92 Å². The molecule has 96 valence electrons. The molecule has 1 N–H and O–H groups in total. The van der Waals surface area contributed by atoms with E-state index in [0.29, 0.717) is 15.8 Å². The molecule has 0 aliphatic rings. The smallest absolute Gasteiger partial charge is 0.328 e. The highest BCUT2D eigenvalue weighted by Gasteiger charge is 2.12. The van der Waals surface area contributed by atoms with E-state index in [1.54, 1.807) is 12.1 Å². The Morgan fingerprint density at radius 3 is 2.56 bits per heavy atom. The fourth-order valence-electron chi connectivity index (χ4n) is 1.25. The van der Waals surface area contributed by atoms with E-state index in [1.165, 1.54) is 20.1 Å². The lowest BCUT2D eigenvalue weighted by Gasteiger charge is -2.10. The van der Waals surface area contributed by atoms with Gasteiger partial charge in [0, 0.05) is 13.0 Å². The topological polar surface area (TPSA) is 72.8 Å². The number of hydrogen-bond donors (Lipinski definition) is 1. The molecule has 0 bridgehead atoms. The van der Waals surface area contributed by atoms with Crippen molar-refractivity contribution in [3.8, 4) is 11.5 Å². The first-order chi connectivity index (χ1) is 8.43. The highest BCUT2D eigenvalue weighted by Crippen LogP contribution is 2.37. The van der Waals surface area contributed by atoms with Gasteiger partial charge in [-0.2, -0.15) is 0 Å². The minimum atomic E-state index is -1.05. The van der Waals surface area contributed by atoms with Crippen molar-refractivity contribution in [1.29, 1.82) is 0 Å². The largest absolute Gasteiger partial charge is 0.493 e. The number of rotatable bonds is 4. The number of carbonyl (C=O) groups is 2. The minimum Gasteiger partial charge on any atom is -0.493 e. The van der Waals surface area contributed by atoms with E-state index in [4.69, 9.17) is 14.6 Å². The van der Waals surface area contributed by atoms with Gasteiger partial charge in [0.15, 0.2) is 11.5 Å². The van der Waals surface area contributed by atoms with Crippen LogP contribution in [0.25, 0.3) is 6.08 Å². The lowest BCUT2D eigenvalue weighted by atomic mass is 10.2. The molecule has 0 aliphatic carbocycles. The Morgan fingerprint density at radius 2 is 2.06 bits per heavy atom. The van der Waals surface area contributed by atoms with Gasteiger partial charge >= 0.3 is 11.9 Å². The van der Waals surface area contributed by atoms with Gasteiger partial charge in [-0.1, -0.05) is 0 Å². The van der Waals surface area contributed by atoms with Crippen LogP contribution in [0.2, 0.25) is 0 Å². The zero-order valence-electron chi connectivity index (χ0n) is 9.77. The molecule has 0 unspecified atom stereocenters. The Labute approximate surface area is 112 Å². The molecule has 0 aromatic heterocycles. The quantitative estimate of drug-likeness (QED) is 0.525. The van der Waals surface area contributed by atoms with Crippen molar-refractivity contribution in [2.75, 3.05) is 7.11 Å². The number of ether oxygens (including phenoxy) is 2. The zero-order chi connectivity index (χ0) is 13.7. The molecule has 6 heteroatoms. The fraction of sp³-hybridized carbons (Fsp3) is 0.167. The number of hydrogen-bond acceptors (Lipinski definition) is 4. The average Bonchev–Trinajstić information content (AvgIpc) is 2.28. The minimum absolute atomic E-state index is 0.262. The van der Waals surface area contributed by atoms with Crippen LogP contribution in [-0.2, 0) is 9.59 Å². The van der Waals surface area contributed by atoms with Gasteiger partial charge in [0.25, 0.3) is 0 Å². The van der Waals surface area contributed by atoms with E-state index < -0.39 is 11.9 Å². The predicted molar refractivity (Wildman–Crippen MR) is 68.7 cm³/mol. The highest BCUT2D eigenvalue weighted by atomic mass is 79.9. The van der Waals surface area contributed by atoms with Crippen LogP contribution in [0, 0.1) is 0 Å². The van der Waals surface area contributed by atoms with E-state index >= 15 is 0 Å². The third-order valence-electron chi connectivity index (χ3n) is 1.92. The zero-order valence-corrected chi connectivity index (χ0v) is 11.4. The first-order valence-electron chi connectivity index (χ1n) is 4.91. The molecule has 0 aliphatic heterocycles. The van der Waals surface area contributed by atoms with Crippen molar-refractivity contribution in [2.24, 2.45) is 0 Å². The van der Waals surface area contributed by atoms with Crippen molar-refractivity contribution >= 4 is 33.9 Å². The molecule has 18 heavy (non-hydrogen) atoms. The summed E-state index contributed by atoms with van der Waals surface area (Å²) in [6, 6.07) is 3.20. The van der Waals surface area contributed by atoms with Gasteiger partial charge in [0.05, 0.1) is 11.6 Å². The Kier molecular flexibility index (Phi) is 4.91. The summed E-state index contributed by atoms with van der Waals surface area (Å²) in [7, 11) is 1.43. The van der Waals surface area contributed by atoms with Gasteiger partial charge in [0.1, 0.15) is 0 Å². The number of carbonyl (C=O) groups excluding carboxylic acids is 1. The molecule has 0 fully saturated rings. The molecular formula is C12H11BrO5. The second kappa shape index (κ2) is 6.20. The Hall–Kier alpha value is -1.82. The normalized spacial score (nSPS) is 10.4. The molecule has 0 saturated heterocycles. The summed E-state index contributed by atoms with van der Waals surface area (Å²) in [5, 5.41) is 8.55. The maximum atomic E-state index is 10.9. The Bertz CT molecular complexity index is 507. The number of carboxylic acid groups (broad SMARTS) is 1. The summed E-state index contributed by atoms with van der Waals surface area (Å²) in [5.74, 6) is -0.918. The molecule has 0 heterocycles. The van der Waals surface area contributed by atoms with Gasteiger partial charge in [-0.05, 0) is 39.7 Å². The van der Waals surface area contributed by atoms with E-state index in [1.807, 2.05) is 0 Å². The number of carboxylic acids is 1. The average molecular weight is 315 g/mol. The number of benzene rings is 1. The van der Waals surface area contributed by atoms with Gasteiger partial charge in [-0.25, -0.2) is 4.79 Å². The number of methoxy groups -OCH3 is 1. The maximum absolute atomic E-state index is 10.9. The molecule has 1 rings (SSSR count). The number of esters is 1. The molecule has 0 saturated carbocycles. The molecule has 1 aromatic rings. The van der Waals surface area contributed by atoms with Gasteiger partial charge < -0.3 is 14.6 Å². The van der Waals surface area contributed by atoms with Gasteiger partial charge in [-0.3, -0.25) is 4.79 Å². The molecule has 0 radical (unpaired) electrons. The molecule has 0 amide bonds. The first kappa shape index (κ1) is 14.2. The maximum Gasteiger partial charge on any atom is 0.328 e. The van der Waals surface area contributed by atoms with Crippen molar-refractivity contribution in [3.05, 3.63) is 28.2 Å². The third kappa shape index (κ3) is 3.89. The number of aliphatic carboxylic acids is 1. The summed E-state index contributed by atoms with van der Waals surface area (Å²) >= 11 is 3.24. The molecule has 0 atom stereocenters. The lowest BCUT2D eigenvalue weighted by molar-refractivity contribution is -0.132. The second-order valence-electron chi connectivity index (χ2n) is 3.30. The van der Waals surface area contributed by atoms with E-state index in [9.17, 15) is 9.59 Å². The van der Waals surface area contributed by atoms with Crippen LogP contribution in [0.1, 0.15) is 12.5 Å². The molecule has 0 spiro atoms. The van der Waals surface area contributed by atoms with Crippen LogP contribution in [0.5, 0.6) is 11.5 Å². The van der Waals surface area contributed by atoms with Crippen LogP contribution < -0.4 is 9.47 Å². The summed E-state index contributed by atoms with van der Waals surface area (Å²) < 4.78 is 10.6. The van der Waals surface area contributed by atoms with E-state index in [2.05, 4.69) is 15.9 Å². The third-order valence-corrected chi connectivity index (χ3v) is 2.50. The van der Waals surface area contributed by atoms with E-state index in [0.717, 1.165) is 6.08 Å². The van der Waals surface area contributed by atoms with Crippen LogP contribution in [-0.4, -0.2) is 24.2 Å². The van der Waals surface area contributed by atoms with Crippen LogP contribution in [0.15, 0.2) is 22.7 Å². The first-order valence-corrected chi connectivity index (χ1v) is 5.70. The summed E-state index contributed by atoms with van der Waals surface area (Å²) in [4.78, 5) is 21.4.